The molecule has 0 radical (unpaired) electrons. The van der Waals surface area contributed by atoms with Gasteiger partial charge in [0.1, 0.15) is 11.2 Å². The van der Waals surface area contributed by atoms with E-state index in [4.69, 9.17) is 0 Å². The Morgan fingerprint density at radius 3 is 2.84 bits per heavy atom. The first-order chi connectivity index (χ1) is 12.1. The minimum atomic E-state index is -1.30. The second-order valence-electron chi connectivity index (χ2n) is 6.57. The molecule has 2 aliphatic rings. The van der Waals surface area contributed by atoms with Gasteiger partial charge in [0, 0.05) is 31.9 Å². The molecule has 2 aromatic heterocycles. The topological polar surface area (TPSA) is 87.5 Å². The van der Waals surface area contributed by atoms with E-state index in [-0.39, 0.29) is 22.8 Å². The molecule has 2 fully saturated rings. The van der Waals surface area contributed by atoms with Crippen LogP contribution >= 0.6 is 0 Å². The Morgan fingerprint density at radius 2 is 2.12 bits per heavy atom. The average molecular weight is 346 g/mol. The van der Waals surface area contributed by atoms with Gasteiger partial charge in [-0.05, 0) is 31.9 Å². The van der Waals surface area contributed by atoms with E-state index in [2.05, 4.69) is 10.3 Å². The average Bonchev–Trinajstić information content (AvgIpc) is 3.42. The fraction of sp³-hybridized carbons (Fsp3) is 0.471. The number of fused-ring (bicyclic) bond motifs is 1. The number of anilines is 1. The van der Waals surface area contributed by atoms with Gasteiger partial charge >= 0.3 is 5.97 Å². The van der Waals surface area contributed by atoms with Crippen LogP contribution in [0.5, 0.6) is 0 Å². The zero-order valence-corrected chi connectivity index (χ0v) is 13.7. The molecule has 1 saturated carbocycles. The molecule has 132 valence electrons. The van der Waals surface area contributed by atoms with Crippen molar-refractivity contribution in [1.82, 2.24) is 14.9 Å². The van der Waals surface area contributed by atoms with Crippen LogP contribution in [0.15, 0.2) is 17.1 Å². The lowest BCUT2D eigenvalue weighted by molar-refractivity contribution is 0.0695. The third-order valence-corrected chi connectivity index (χ3v) is 4.75. The Kier molecular flexibility index (Phi) is 3.91. The number of carbonyl (C=O) groups is 1. The second kappa shape index (κ2) is 6.11. The molecule has 0 unspecified atom stereocenters. The van der Waals surface area contributed by atoms with Crippen LogP contribution in [-0.4, -0.2) is 46.8 Å². The van der Waals surface area contributed by atoms with Gasteiger partial charge < -0.3 is 19.9 Å². The van der Waals surface area contributed by atoms with Crippen molar-refractivity contribution in [2.24, 2.45) is 0 Å². The molecule has 2 N–H and O–H groups in total. The summed E-state index contributed by atoms with van der Waals surface area (Å²) in [5.74, 6) is -1.66. The molecule has 1 saturated heterocycles. The number of aromatic carboxylic acids is 1. The van der Waals surface area contributed by atoms with Crippen LogP contribution in [0.25, 0.3) is 11.0 Å². The molecule has 0 bridgehead atoms. The molecule has 0 aromatic carbocycles. The van der Waals surface area contributed by atoms with Gasteiger partial charge in [-0.3, -0.25) is 4.79 Å². The number of carboxylic acids is 1. The smallest absolute Gasteiger partial charge is 0.341 e. The van der Waals surface area contributed by atoms with E-state index < -0.39 is 17.2 Å². The minimum absolute atomic E-state index is 0.0287. The van der Waals surface area contributed by atoms with Crippen molar-refractivity contribution in [3.8, 4) is 0 Å². The number of aromatic nitrogens is 2. The summed E-state index contributed by atoms with van der Waals surface area (Å²) in [6.45, 7) is 2.94. The quantitative estimate of drug-likeness (QED) is 0.873. The van der Waals surface area contributed by atoms with Crippen molar-refractivity contribution in [1.29, 1.82) is 0 Å². The normalized spacial score (nSPS) is 18.4. The van der Waals surface area contributed by atoms with E-state index >= 15 is 0 Å². The monoisotopic (exact) mass is 346 g/mol. The van der Waals surface area contributed by atoms with Gasteiger partial charge in [0.2, 0.25) is 5.43 Å². The van der Waals surface area contributed by atoms with E-state index in [1.54, 1.807) is 4.57 Å². The highest BCUT2D eigenvalue weighted by atomic mass is 19.1. The maximum absolute atomic E-state index is 14.7. The fourth-order valence-electron chi connectivity index (χ4n) is 3.30. The van der Waals surface area contributed by atoms with Gasteiger partial charge in [-0.1, -0.05) is 0 Å². The maximum atomic E-state index is 14.7. The summed E-state index contributed by atoms with van der Waals surface area (Å²) in [5.41, 5.74) is -0.659. The highest BCUT2D eigenvalue weighted by molar-refractivity contribution is 5.92. The number of nitrogens with zero attached hydrogens (tertiary/aromatic N) is 3. The number of pyridine rings is 2. The number of hydrogen-bond donors (Lipinski definition) is 2. The Labute approximate surface area is 143 Å². The van der Waals surface area contributed by atoms with Crippen molar-refractivity contribution in [2.45, 2.75) is 25.3 Å². The summed E-state index contributed by atoms with van der Waals surface area (Å²) in [5, 5.41) is 12.6. The van der Waals surface area contributed by atoms with Crippen molar-refractivity contribution in [3.05, 3.63) is 33.9 Å². The lowest BCUT2D eigenvalue weighted by Gasteiger charge is -2.22. The Hall–Kier alpha value is -2.48. The molecule has 8 heteroatoms. The van der Waals surface area contributed by atoms with Gasteiger partial charge in [0.05, 0.1) is 5.39 Å². The van der Waals surface area contributed by atoms with Crippen molar-refractivity contribution >= 4 is 22.8 Å². The van der Waals surface area contributed by atoms with Gasteiger partial charge in [0.15, 0.2) is 11.6 Å². The fourth-order valence-corrected chi connectivity index (χ4v) is 3.30. The molecule has 3 heterocycles. The molecule has 2 aromatic rings. The van der Waals surface area contributed by atoms with E-state index in [1.165, 1.54) is 6.20 Å². The first kappa shape index (κ1) is 16.0. The minimum Gasteiger partial charge on any atom is -0.477 e. The SMILES string of the molecule is O=C(O)c1cn(C2CC2)c2nc(N3CCCNCC3)c(F)cc2c1=O. The van der Waals surface area contributed by atoms with Gasteiger partial charge in [0.25, 0.3) is 0 Å². The first-order valence-corrected chi connectivity index (χ1v) is 8.50. The number of halogens is 1. The van der Waals surface area contributed by atoms with Gasteiger partial charge in [-0.25, -0.2) is 14.2 Å². The first-order valence-electron chi connectivity index (χ1n) is 8.50. The molecule has 1 aliphatic carbocycles. The Balaban J connectivity index is 1.92. The standard InChI is InChI=1S/C17H19FN4O3/c18-13-8-11-14(23)12(17(24)25)9-22(10-2-3-10)15(11)20-16(13)21-6-1-4-19-5-7-21/h8-10,19H,1-7H2,(H,24,25). The van der Waals surface area contributed by atoms with E-state index in [1.807, 2.05) is 4.90 Å². The molecule has 25 heavy (non-hydrogen) atoms. The third-order valence-electron chi connectivity index (χ3n) is 4.75. The highest BCUT2D eigenvalue weighted by Crippen LogP contribution is 2.37. The van der Waals surface area contributed by atoms with Crippen LogP contribution in [0.4, 0.5) is 10.2 Å². The molecular formula is C17H19FN4O3. The molecule has 4 rings (SSSR count). The molecule has 0 spiro atoms. The number of nitrogens with one attached hydrogen (secondary N) is 1. The number of carboxylic acid groups (broad SMARTS) is 1. The zero-order valence-electron chi connectivity index (χ0n) is 13.7. The molecule has 1 aliphatic heterocycles. The summed E-state index contributed by atoms with van der Waals surface area (Å²) in [7, 11) is 0. The molecule has 0 atom stereocenters. The Morgan fingerprint density at radius 1 is 1.32 bits per heavy atom. The van der Waals surface area contributed by atoms with Gasteiger partial charge in [-0.2, -0.15) is 0 Å². The summed E-state index contributed by atoms with van der Waals surface area (Å²) in [6.07, 6.45) is 4.04. The predicted molar refractivity (Wildman–Crippen MR) is 90.9 cm³/mol. The van der Waals surface area contributed by atoms with Crippen LogP contribution < -0.4 is 15.6 Å². The lowest BCUT2D eigenvalue weighted by atomic mass is 10.2. The number of rotatable bonds is 3. The summed E-state index contributed by atoms with van der Waals surface area (Å²) in [4.78, 5) is 30.1. The molecule has 7 nitrogen and oxygen atoms in total. The predicted octanol–water partition coefficient (Wildman–Crippen LogP) is 1.37. The van der Waals surface area contributed by atoms with Gasteiger partial charge in [-0.15, -0.1) is 0 Å². The summed E-state index contributed by atoms with van der Waals surface area (Å²) < 4.78 is 16.4. The highest BCUT2D eigenvalue weighted by Gasteiger charge is 2.28. The van der Waals surface area contributed by atoms with Crippen LogP contribution in [0.3, 0.4) is 0 Å². The lowest BCUT2D eigenvalue weighted by Crippen LogP contribution is -2.30. The van der Waals surface area contributed by atoms with Crippen LogP contribution in [0.1, 0.15) is 35.7 Å². The van der Waals surface area contributed by atoms with Crippen LogP contribution in [0, 0.1) is 5.82 Å². The van der Waals surface area contributed by atoms with Crippen molar-refractivity contribution in [2.75, 3.05) is 31.1 Å². The van der Waals surface area contributed by atoms with E-state index in [9.17, 15) is 19.1 Å². The van der Waals surface area contributed by atoms with E-state index in [0.717, 1.165) is 38.4 Å². The third kappa shape index (κ3) is 2.86. The Bertz CT molecular complexity index is 899. The maximum Gasteiger partial charge on any atom is 0.341 e. The number of hydrogen-bond acceptors (Lipinski definition) is 5. The van der Waals surface area contributed by atoms with E-state index in [0.29, 0.717) is 18.7 Å². The van der Waals surface area contributed by atoms with Crippen molar-refractivity contribution in [3.63, 3.8) is 0 Å². The molecular weight excluding hydrogens is 327 g/mol. The van der Waals surface area contributed by atoms with Crippen LogP contribution in [-0.2, 0) is 0 Å². The largest absolute Gasteiger partial charge is 0.477 e. The summed E-state index contributed by atoms with van der Waals surface area (Å²) >= 11 is 0. The van der Waals surface area contributed by atoms with Crippen molar-refractivity contribution < 1.29 is 14.3 Å². The molecule has 0 amide bonds. The second-order valence-corrected chi connectivity index (χ2v) is 6.57. The van der Waals surface area contributed by atoms with Crippen LogP contribution in [0.2, 0.25) is 0 Å². The summed E-state index contributed by atoms with van der Waals surface area (Å²) in [6, 6.07) is 1.27. The zero-order chi connectivity index (χ0) is 17.6.